The zero-order valence-corrected chi connectivity index (χ0v) is 23.2. The predicted molar refractivity (Wildman–Crippen MR) is 125 cm³/mol. The molecule has 160 valence electrons. The van der Waals surface area contributed by atoms with Crippen molar-refractivity contribution in [3.05, 3.63) is 0 Å². The van der Waals surface area contributed by atoms with E-state index in [1.54, 1.807) is 0 Å². The van der Waals surface area contributed by atoms with Gasteiger partial charge in [-0.05, 0) is 0 Å². The molecule has 0 saturated heterocycles. The quantitative estimate of drug-likeness (QED) is 0.189. The van der Waals surface area contributed by atoms with E-state index in [9.17, 15) is 4.79 Å². The molecule has 0 amide bonds. The van der Waals surface area contributed by atoms with Crippen molar-refractivity contribution in [2.24, 2.45) is 5.92 Å². The number of rotatable bonds is 13. The molecule has 4 heteroatoms. The van der Waals surface area contributed by atoms with Gasteiger partial charge in [-0.2, -0.15) is 0 Å². The first-order chi connectivity index (χ1) is 12.8. The fraction of sp³-hybridized carbons (Fsp3) is 0.957. The van der Waals surface area contributed by atoms with E-state index in [1.165, 1.54) is 71.1 Å². The van der Waals surface area contributed by atoms with Crippen molar-refractivity contribution in [2.75, 3.05) is 6.61 Å². The molecule has 0 aromatic rings. The number of unbranched alkanes of at least 4 members (excludes halogenated alkanes) is 3. The third-order valence-electron chi connectivity index (χ3n) is 6.58. The summed E-state index contributed by atoms with van der Waals surface area (Å²) in [6.45, 7) is 14.4. The van der Waals surface area contributed by atoms with Gasteiger partial charge in [0.15, 0.2) is 0 Å². The number of Topliss-reactive ketones (excluding diaryl/α,β-unsaturated/α-hetero) is 1. The Balaban J connectivity index is 3.07. The van der Waals surface area contributed by atoms with Gasteiger partial charge in [0.2, 0.25) is 0 Å². The summed E-state index contributed by atoms with van der Waals surface area (Å²) in [5.74, 6) is 0.857. The Bertz CT molecular complexity index is 397. The molecule has 1 saturated carbocycles. The van der Waals surface area contributed by atoms with Crippen molar-refractivity contribution in [3.63, 3.8) is 0 Å². The third-order valence-corrected chi connectivity index (χ3v) is 25.0. The van der Waals surface area contributed by atoms with Crippen LogP contribution in [0.4, 0.5) is 0 Å². The maximum atomic E-state index is 13.8. The molecule has 1 rings (SSSR count). The van der Waals surface area contributed by atoms with Gasteiger partial charge in [-0.25, -0.2) is 0 Å². The molecule has 0 spiro atoms. The van der Waals surface area contributed by atoms with E-state index in [1.807, 2.05) is 0 Å². The van der Waals surface area contributed by atoms with Crippen LogP contribution in [-0.2, 0) is 9.22 Å². The Hall–Kier alpha value is 0.646. The van der Waals surface area contributed by atoms with Crippen molar-refractivity contribution in [1.29, 1.82) is 0 Å². The van der Waals surface area contributed by atoms with Crippen molar-refractivity contribution in [2.45, 2.75) is 122 Å². The summed E-state index contributed by atoms with van der Waals surface area (Å²) >= 11 is -2.49. The molecule has 0 N–H and O–H groups in total. The molecule has 0 radical (unpaired) electrons. The summed E-state index contributed by atoms with van der Waals surface area (Å²) in [5.41, 5.74) is 0. The Morgan fingerprint density at radius 1 is 0.889 bits per heavy atom. The van der Waals surface area contributed by atoms with Crippen molar-refractivity contribution >= 4 is 32.5 Å². The molecule has 0 aromatic heterocycles. The first-order valence-corrected chi connectivity index (χ1v) is 23.1. The summed E-state index contributed by atoms with van der Waals surface area (Å²) in [4.78, 5) is 13.8. The van der Waals surface area contributed by atoms with Gasteiger partial charge in [-0.1, -0.05) is 0 Å². The van der Waals surface area contributed by atoms with Gasteiger partial charge >= 0.3 is 176 Å². The van der Waals surface area contributed by atoms with Gasteiger partial charge in [0.25, 0.3) is 0 Å². The van der Waals surface area contributed by atoms with Crippen LogP contribution < -0.4 is 0 Å². The second-order valence-corrected chi connectivity index (χ2v) is 28.6. The van der Waals surface area contributed by atoms with Crippen molar-refractivity contribution in [1.82, 2.24) is 0 Å². The average molecular weight is 503 g/mol. The summed E-state index contributed by atoms with van der Waals surface area (Å²) in [5, 5.41) is 0. The van der Waals surface area contributed by atoms with Crippen LogP contribution in [0.3, 0.4) is 0 Å². The Kier molecular flexibility index (Phi) is 12.4. The fourth-order valence-electron chi connectivity index (χ4n) is 4.92. The standard InChI is InChI=1S/C11H21O2Si.3C4H9.Sn/c1-14(2,3)13-9-10-7-5-4-6-8-11(10)12;3*1-3-4-2;/h8,10H,4-7,9H2,1-3H3;3*1,3-4H2,2H3;. The third kappa shape index (κ3) is 8.90. The monoisotopic (exact) mass is 504 g/mol. The molecular weight excluding hydrogens is 455 g/mol. The van der Waals surface area contributed by atoms with Gasteiger partial charge in [-0.3, -0.25) is 0 Å². The molecule has 0 heterocycles. The minimum atomic E-state index is -2.49. The molecule has 2 unspecified atom stereocenters. The van der Waals surface area contributed by atoms with Crippen molar-refractivity contribution < 1.29 is 9.22 Å². The van der Waals surface area contributed by atoms with Crippen LogP contribution >= 0.6 is 0 Å². The van der Waals surface area contributed by atoms with E-state index in [4.69, 9.17) is 4.43 Å². The number of carbonyl (C=O) groups is 1. The Morgan fingerprint density at radius 3 is 1.81 bits per heavy atom. The number of ketones is 1. The summed E-state index contributed by atoms with van der Waals surface area (Å²) in [7, 11) is -1.55. The van der Waals surface area contributed by atoms with Crippen LogP contribution in [-0.4, -0.2) is 39.1 Å². The molecule has 0 bridgehead atoms. The van der Waals surface area contributed by atoms with Crippen LogP contribution in [0.15, 0.2) is 0 Å². The van der Waals surface area contributed by atoms with Crippen LogP contribution in [0.1, 0.15) is 85.0 Å². The van der Waals surface area contributed by atoms with E-state index >= 15 is 0 Å². The summed E-state index contributed by atoms with van der Waals surface area (Å²) in [6.07, 6.45) is 12.8. The molecule has 2 nitrogen and oxygen atoms in total. The van der Waals surface area contributed by atoms with E-state index < -0.39 is 26.7 Å². The first-order valence-electron chi connectivity index (χ1n) is 12.0. The van der Waals surface area contributed by atoms with Gasteiger partial charge in [0.05, 0.1) is 0 Å². The zero-order valence-electron chi connectivity index (χ0n) is 19.4. The number of hydrogen-bond acceptors (Lipinski definition) is 2. The van der Waals surface area contributed by atoms with Crippen LogP contribution in [0.25, 0.3) is 0 Å². The topological polar surface area (TPSA) is 26.3 Å². The van der Waals surface area contributed by atoms with Crippen LogP contribution in [0, 0.1) is 5.92 Å². The van der Waals surface area contributed by atoms with Gasteiger partial charge in [0, 0.05) is 0 Å². The fourth-order valence-corrected chi connectivity index (χ4v) is 24.5. The zero-order chi connectivity index (χ0) is 20.3. The number of hydrogen-bond donors (Lipinski definition) is 0. The average Bonchev–Trinajstić information content (AvgIpc) is 2.81. The van der Waals surface area contributed by atoms with Gasteiger partial charge in [0.1, 0.15) is 0 Å². The van der Waals surface area contributed by atoms with Crippen LogP contribution in [0.2, 0.25) is 36.9 Å². The number of carbonyl (C=O) groups excluding carboxylic acids is 1. The Labute approximate surface area is 175 Å². The first kappa shape index (κ1) is 25.7. The van der Waals surface area contributed by atoms with E-state index in [2.05, 4.69) is 40.4 Å². The van der Waals surface area contributed by atoms with E-state index in [0.29, 0.717) is 16.3 Å². The van der Waals surface area contributed by atoms with E-state index in [-0.39, 0.29) is 5.92 Å². The molecule has 0 aliphatic heterocycles. The predicted octanol–water partition coefficient (Wildman–Crippen LogP) is 7.82. The summed E-state index contributed by atoms with van der Waals surface area (Å²) < 4.78 is 11.1. The maximum absolute atomic E-state index is 13.8. The molecular formula is C23H48O2SiSn. The van der Waals surface area contributed by atoms with E-state index in [0.717, 1.165) is 6.42 Å². The molecule has 0 aromatic carbocycles. The molecule has 1 aliphatic carbocycles. The SMILES string of the molecule is CCC[CH2][Sn]([CH2]CCC)([CH2]CCC)[CH]1CCCCC(CO[Si](C)(C)C)C1=O. The van der Waals surface area contributed by atoms with Crippen LogP contribution in [0.5, 0.6) is 0 Å². The van der Waals surface area contributed by atoms with Crippen molar-refractivity contribution in [3.8, 4) is 0 Å². The second kappa shape index (κ2) is 13.0. The molecule has 1 aliphatic rings. The van der Waals surface area contributed by atoms with Gasteiger partial charge < -0.3 is 0 Å². The molecule has 2 atom stereocenters. The molecule has 27 heavy (non-hydrogen) atoms. The normalized spacial score (nSPS) is 22.1. The minimum absolute atomic E-state index is 0.199. The second-order valence-electron chi connectivity index (χ2n) is 10.0. The Morgan fingerprint density at radius 2 is 1.37 bits per heavy atom. The van der Waals surface area contributed by atoms with Gasteiger partial charge in [-0.15, -0.1) is 0 Å². The summed E-state index contributed by atoms with van der Waals surface area (Å²) in [6, 6.07) is 0. The molecule has 1 fully saturated rings.